The molecule has 1 aromatic carbocycles. The molecule has 6 nitrogen and oxygen atoms in total. The highest BCUT2D eigenvalue weighted by Crippen LogP contribution is 2.40. The van der Waals surface area contributed by atoms with E-state index in [1.165, 1.54) is 12.8 Å². The standard InChI is InChI=1S/C21H23N5O/c1-25-15-8-9-16(25)12-17(11-15)26-20(27)18-6-2-3-7-19(18)24-21(26)23-14-5-4-10-22-13-14/h2-7,10,13,15-17H,8-9,11-12H2,1H3,(H,23,24)/t15-,16+,17?. The maximum absolute atomic E-state index is 13.4. The topological polar surface area (TPSA) is 63.1 Å². The smallest absolute Gasteiger partial charge is 0.263 e. The van der Waals surface area contributed by atoms with E-state index in [2.05, 4.69) is 22.2 Å². The third-order valence-electron chi connectivity index (χ3n) is 6.16. The Morgan fingerprint density at radius 1 is 1.04 bits per heavy atom. The van der Waals surface area contributed by atoms with E-state index in [1.54, 1.807) is 12.4 Å². The first kappa shape index (κ1) is 16.4. The van der Waals surface area contributed by atoms with Crippen molar-refractivity contribution in [1.82, 2.24) is 19.4 Å². The molecular weight excluding hydrogens is 338 g/mol. The average molecular weight is 361 g/mol. The van der Waals surface area contributed by atoms with Crippen LogP contribution in [0.25, 0.3) is 10.9 Å². The number of benzene rings is 1. The highest BCUT2D eigenvalue weighted by Gasteiger charge is 2.40. The molecule has 1 N–H and O–H groups in total. The van der Waals surface area contributed by atoms with E-state index >= 15 is 0 Å². The minimum absolute atomic E-state index is 0.0425. The number of rotatable bonds is 3. The lowest BCUT2D eigenvalue weighted by Gasteiger charge is -2.37. The largest absolute Gasteiger partial charge is 0.324 e. The molecule has 2 saturated heterocycles. The summed E-state index contributed by atoms with van der Waals surface area (Å²) in [6.45, 7) is 0. The van der Waals surface area contributed by atoms with Gasteiger partial charge in [-0.3, -0.25) is 14.3 Å². The predicted octanol–water partition coefficient (Wildman–Crippen LogP) is 3.33. The van der Waals surface area contributed by atoms with Gasteiger partial charge in [0.25, 0.3) is 5.56 Å². The third-order valence-corrected chi connectivity index (χ3v) is 6.16. The second-order valence-corrected chi connectivity index (χ2v) is 7.67. The van der Waals surface area contributed by atoms with Crippen LogP contribution in [-0.4, -0.2) is 38.6 Å². The van der Waals surface area contributed by atoms with Crippen LogP contribution in [0, 0.1) is 0 Å². The number of aromatic nitrogens is 3. The van der Waals surface area contributed by atoms with Gasteiger partial charge < -0.3 is 10.2 Å². The van der Waals surface area contributed by atoms with E-state index in [9.17, 15) is 4.79 Å². The molecule has 0 saturated carbocycles. The molecule has 0 radical (unpaired) electrons. The summed E-state index contributed by atoms with van der Waals surface area (Å²) < 4.78 is 1.90. The number of hydrogen-bond donors (Lipinski definition) is 1. The Hall–Kier alpha value is -2.73. The molecule has 5 rings (SSSR count). The van der Waals surface area contributed by atoms with Crippen molar-refractivity contribution >= 4 is 22.5 Å². The van der Waals surface area contributed by atoms with Crippen molar-refractivity contribution in [3.8, 4) is 0 Å². The number of nitrogens with zero attached hydrogens (tertiary/aromatic N) is 4. The van der Waals surface area contributed by atoms with Crippen LogP contribution in [-0.2, 0) is 0 Å². The molecule has 0 aliphatic carbocycles. The van der Waals surface area contributed by atoms with Gasteiger partial charge in [-0.05, 0) is 57.0 Å². The van der Waals surface area contributed by atoms with Crippen LogP contribution in [0.2, 0.25) is 0 Å². The Bertz CT molecular complexity index is 1020. The maximum atomic E-state index is 13.4. The summed E-state index contributed by atoms with van der Waals surface area (Å²) >= 11 is 0. The van der Waals surface area contributed by atoms with Gasteiger partial charge in [-0.25, -0.2) is 4.98 Å². The Morgan fingerprint density at radius 3 is 2.56 bits per heavy atom. The fourth-order valence-corrected chi connectivity index (χ4v) is 4.73. The second-order valence-electron chi connectivity index (χ2n) is 7.67. The van der Waals surface area contributed by atoms with Gasteiger partial charge in [0.2, 0.25) is 5.95 Å². The van der Waals surface area contributed by atoms with Crippen LogP contribution < -0.4 is 10.9 Å². The monoisotopic (exact) mass is 361 g/mol. The Morgan fingerprint density at radius 2 is 1.81 bits per heavy atom. The SMILES string of the molecule is CN1[C@@H]2CC[C@H]1CC(n1c(Nc3cccnc3)nc3ccccc3c1=O)C2. The summed E-state index contributed by atoms with van der Waals surface area (Å²) in [5.74, 6) is 0.612. The molecule has 6 heteroatoms. The van der Waals surface area contributed by atoms with E-state index < -0.39 is 0 Å². The average Bonchev–Trinajstić information content (AvgIpc) is 2.90. The first-order valence-corrected chi connectivity index (χ1v) is 9.61. The van der Waals surface area contributed by atoms with Crippen LogP contribution in [0.1, 0.15) is 31.7 Å². The number of nitrogens with one attached hydrogen (secondary N) is 1. The minimum atomic E-state index is 0.0425. The van der Waals surface area contributed by atoms with Crippen LogP contribution in [0.15, 0.2) is 53.6 Å². The summed E-state index contributed by atoms with van der Waals surface area (Å²) in [4.78, 5) is 24.9. The van der Waals surface area contributed by atoms with Crippen LogP contribution in [0.5, 0.6) is 0 Å². The van der Waals surface area contributed by atoms with E-state index in [1.807, 2.05) is 41.0 Å². The van der Waals surface area contributed by atoms with Crippen molar-refractivity contribution in [3.63, 3.8) is 0 Å². The molecule has 27 heavy (non-hydrogen) atoms. The van der Waals surface area contributed by atoms with Crippen molar-refractivity contribution in [2.24, 2.45) is 0 Å². The summed E-state index contributed by atoms with van der Waals surface area (Å²) in [5.41, 5.74) is 1.60. The highest BCUT2D eigenvalue weighted by molar-refractivity contribution is 5.79. The summed E-state index contributed by atoms with van der Waals surface area (Å²) in [5, 5.41) is 4.02. The molecule has 4 heterocycles. The van der Waals surface area contributed by atoms with Gasteiger partial charge >= 0.3 is 0 Å². The molecule has 2 bridgehead atoms. The van der Waals surface area contributed by atoms with Crippen LogP contribution in [0.4, 0.5) is 11.6 Å². The van der Waals surface area contributed by atoms with Crippen molar-refractivity contribution in [1.29, 1.82) is 0 Å². The van der Waals surface area contributed by atoms with Gasteiger partial charge in [-0.2, -0.15) is 0 Å². The maximum Gasteiger partial charge on any atom is 0.263 e. The number of hydrogen-bond acceptors (Lipinski definition) is 5. The van der Waals surface area contributed by atoms with Gasteiger partial charge in [-0.1, -0.05) is 12.1 Å². The van der Waals surface area contributed by atoms with Crippen molar-refractivity contribution < 1.29 is 0 Å². The van der Waals surface area contributed by atoms with Gasteiger partial charge in [0, 0.05) is 24.3 Å². The molecule has 3 atom stereocenters. The normalized spacial score (nSPS) is 25.0. The van der Waals surface area contributed by atoms with Gasteiger partial charge in [-0.15, -0.1) is 0 Å². The zero-order valence-electron chi connectivity index (χ0n) is 15.4. The van der Waals surface area contributed by atoms with E-state index in [0.717, 1.165) is 24.0 Å². The summed E-state index contributed by atoms with van der Waals surface area (Å²) in [6.07, 6.45) is 7.92. The van der Waals surface area contributed by atoms with Crippen molar-refractivity contribution in [2.45, 2.75) is 43.8 Å². The first-order chi connectivity index (χ1) is 13.2. The fourth-order valence-electron chi connectivity index (χ4n) is 4.73. The second kappa shape index (κ2) is 6.46. The van der Waals surface area contributed by atoms with E-state index in [4.69, 9.17) is 4.98 Å². The molecule has 2 aliphatic heterocycles. The number of pyridine rings is 1. The van der Waals surface area contributed by atoms with Gasteiger partial charge in [0.15, 0.2) is 0 Å². The molecule has 138 valence electrons. The van der Waals surface area contributed by atoms with Gasteiger partial charge in [0.1, 0.15) is 0 Å². The Kier molecular flexibility index (Phi) is 3.93. The van der Waals surface area contributed by atoms with E-state index in [-0.39, 0.29) is 11.6 Å². The van der Waals surface area contributed by atoms with Crippen molar-refractivity contribution in [3.05, 3.63) is 59.1 Å². The number of piperidine rings is 1. The van der Waals surface area contributed by atoms with Crippen LogP contribution >= 0.6 is 0 Å². The molecule has 2 fully saturated rings. The highest BCUT2D eigenvalue weighted by atomic mass is 16.1. The van der Waals surface area contributed by atoms with Gasteiger partial charge in [0.05, 0.1) is 22.8 Å². The summed E-state index contributed by atoms with van der Waals surface area (Å²) in [6, 6.07) is 12.7. The molecule has 0 amide bonds. The molecule has 1 unspecified atom stereocenters. The molecular formula is C21H23N5O. The minimum Gasteiger partial charge on any atom is -0.324 e. The lowest BCUT2D eigenvalue weighted by atomic mass is 9.97. The molecule has 2 aromatic heterocycles. The predicted molar refractivity (Wildman–Crippen MR) is 106 cm³/mol. The first-order valence-electron chi connectivity index (χ1n) is 9.61. The zero-order valence-corrected chi connectivity index (χ0v) is 15.4. The number of fused-ring (bicyclic) bond motifs is 3. The quantitative estimate of drug-likeness (QED) is 0.775. The summed E-state index contributed by atoms with van der Waals surface area (Å²) in [7, 11) is 2.22. The van der Waals surface area contributed by atoms with Crippen LogP contribution in [0.3, 0.4) is 0 Å². The van der Waals surface area contributed by atoms with Crippen molar-refractivity contribution in [2.75, 3.05) is 12.4 Å². The molecule has 3 aromatic rings. The van der Waals surface area contributed by atoms with E-state index in [0.29, 0.717) is 23.4 Å². The Balaban J connectivity index is 1.64. The lowest BCUT2D eigenvalue weighted by Crippen LogP contribution is -2.43. The zero-order chi connectivity index (χ0) is 18.4. The number of anilines is 2. The molecule has 2 aliphatic rings. The Labute approximate surface area is 157 Å². The lowest BCUT2D eigenvalue weighted by molar-refractivity contribution is 0.136. The molecule has 0 spiro atoms. The fraction of sp³-hybridized carbons (Fsp3) is 0.381. The third kappa shape index (κ3) is 2.80. The number of para-hydroxylation sites is 1.